The Labute approximate surface area is 162 Å². The molecule has 3 N–H and O–H groups in total. The van der Waals surface area contributed by atoms with Crippen LogP contribution in [0.15, 0.2) is 29.3 Å². The minimum Gasteiger partial charge on any atom is -0.381 e. The molecule has 5 nitrogen and oxygen atoms in total. The summed E-state index contributed by atoms with van der Waals surface area (Å²) >= 11 is 0. The first-order chi connectivity index (χ1) is 11.3. The van der Waals surface area contributed by atoms with Gasteiger partial charge in [0.1, 0.15) is 0 Å². The van der Waals surface area contributed by atoms with Crippen molar-refractivity contribution in [1.29, 1.82) is 0 Å². The van der Waals surface area contributed by atoms with Crippen LogP contribution in [0.1, 0.15) is 31.7 Å². The Bertz CT molecular complexity index is 491. The molecule has 0 bridgehead atoms. The lowest BCUT2D eigenvalue weighted by atomic mass is 10.0. The maximum Gasteiger partial charge on any atom is 0.193 e. The number of nitrogens with one attached hydrogen (secondary N) is 1. The zero-order valence-electron chi connectivity index (χ0n) is 14.5. The van der Waals surface area contributed by atoms with E-state index in [1.807, 2.05) is 12.1 Å². The SMILES string of the molecule is CCc1cccc(NC(N)=NCCCOCC2CCOCC2)c1.I. The zero-order chi connectivity index (χ0) is 16.3. The molecule has 24 heavy (non-hydrogen) atoms. The third-order valence-corrected chi connectivity index (χ3v) is 4.03. The molecule has 2 rings (SSSR count). The van der Waals surface area contributed by atoms with E-state index in [1.165, 1.54) is 5.56 Å². The van der Waals surface area contributed by atoms with Crippen molar-refractivity contribution in [2.45, 2.75) is 32.6 Å². The normalized spacial score (nSPS) is 15.8. The lowest BCUT2D eigenvalue weighted by Crippen LogP contribution is -2.23. The highest BCUT2D eigenvalue weighted by Crippen LogP contribution is 2.14. The van der Waals surface area contributed by atoms with Gasteiger partial charge >= 0.3 is 0 Å². The van der Waals surface area contributed by atoms with Crippen LogP contribution in [0.2, 0.25) is 0 Å². The largest absolute Gasteiger partial charge is 0.381 e. The molecule has 1 aliphatic heterocycles. The second kappa shape index (κ2) is 12.5. The van der Waals surface area contributed by atoms with Gasteiger partial charge in [0, 0.05) is 38.7 Å². The van der Waals surface area contributed by atoms with E-state index in [2.05, 4.69) is 29.4 Å². The third-order valence-electron chi connectivity index (χ3n) is 4.03. The summed E-state index contributed by atoms with van der Waals surface area (Å²) in [6, 6.07) is 8.23. The fourth-order valence-electron chi connectivity index (χ4n) is 2.59. The summed E-state index contributed by atoms with van der Waals surface area (Å²) in [4.78, 5) is 4.34. The molecule has 1 heterocycles. The summed E-state index contributed by atoms with van der Waals surface area (Å²) in [7, 11) is 0. The Kier molecular flexibility index (Phi) is 11.0. The molecule has 1 saturated heterocycles. The second-order valence-electron chi connectivity index (χ2n) is 5.93. The molecule has 0 saturated carbocycles. The molecule has 1 fully saturated rings. The van der Waals surface area contributed by atoms with Gasteiger partial charge < -0.3 is 20.5 Å². The smallest absolute Gasteiger partial charge is 0.193 e. The summed E-state index contributed by atoms with van der Waals surface area (Å²) in [5.41, 5.74) is 8.18. The summed E-state index contributed by atoms with van der Waals surface area (Å²) in [5.74, 6) is 1.12. The van der Waals surface area contributed by atoms with E-state index >= 15 is 0 Å². The number of halogens is 1. The monoisotopic (exact) mass is 447 g/mol. The van der Waals surface area contributed by atoms with Crippen molar-refractivity contribution in [3.63, 3.8) is 0 Å². The molecular formula is C18H30IN3O2. The maximum atomic E-state index is 5.91. The molecule has 0 radical (unpaired) electrons. The number of nitrogens with zero attached hydrogens (tertiary/aromatic N) is 1. The topological polar surface area (TPSA) is 68.9 Å². The van der Waals surface area contributed by atoms with E-state index < -0.39 is 0 Å². The van der Waals surface area contributed by atoms with Crippen LogP contribution in [-0.2, 0) is 15.9 Å². The molecule has 1 aromatic rings. The van der Waals surface area contributed by atoms with E-state index in [0.717, 1.165) is 57.8 Å². The maximum absolute atomic E-state index is 5.91. The Balaban J connectivity index is 0.00000288. The molecule has 0 atom stereocenters. The van der Waals surface area contributed by atoms with Crippen molar-refractivity contribution >= 4 is 35.6 Å². The first kappa shape index (κ1) is 21.2. The average Bonchev–Trinajstić information content (AvgIpc) is 2.59. The fraction of sp³-hybridized carbons (Fsp3) is 0.611. The highest BCUT2D eigenvalue weighted by Gasteiger charge is 2.13. The van der Waals surface area contributed by atoms with Gasteiger partial charge in [0.15, 0.2) is 5.96 Å². The molecule has 0 spiro atoms. The summed E-state index contributed by atoms with van der Waals surface area (Å²) in [5, 5.41) is 3.13. The minimum absolute atomic E-state index is 0. The minimum atomic E-state index is 0. The number of aryl methyl sites for hydroxylation is 1. The molecule has 1 aliphatic rings. The third kappa shape index (κ3) is 8.30. The van der Waals surface area contributed by atoms with E-state index in [1.54, 1.807) is 0 Å². The van der Waals surface area contributed by atoms with Crippen LogP contribution in [0.3, 0.4) is 0 Å². The lowest BCUT2D eigenvalue weighted by molar-refractivity contribution is 0.0205. The van der Waals surface area contributed by atoms with E-state index in [9.17, 15) is 0 Å². The predicted molar refractivity (Wildman–Crippen MR) is 110 cm³/mol. The van der Waals surface area contributed by atoms with Crippen LogP contribution in [0.25, 0.3) is 0 Å². The van der Waals surface area contributed by atoms with Crippen molar-refractivity contribution in [3.8, 4) is 0 Å². The first-order valence-corrected chi connectivity index (χ1v) is 8.59. The summed E-state index contributed by atoms with van der Waals surface area (Å²) in [6.07, 6.45) is 4.13. The van der Waals surface area contributed by atoms with Gasteiger partial charge in [0.05, 0.1) is 0 Å². The zero-order valence-corrected chi connectivity index (χ0v) is 16.8. The Morgan fingerprint density at radius 3 is 2.92 bits per heavy atom. The van der Waals surface area contributed by atoms with E-state index in [4.69, 9.17) is 15.2 Å². The van der Waals surface area contributed by atoms with Crippen LogP contribution >= 0.6 is 24.0 Å². The highest BCUT2D eigenvalue weighted by molar-refractivity contribution is 14.0. The standard InChI is InChI=1S/C18H29N3O2.HI/c1-2-15-5-3-6-17(13-15)21-18(19)20-9-4-10-23-14-16-7-11-22-12-8-16;/h3,5-6,13,16H,2,4,7-12,14H2,1H3,(H3,19,20,21);1H. The molecule has 0 unspecified atom stereocenters. The van der Waals surface area contributed by atoms with Crippen molar-refractivity contribution in [1.82, 2.24) is 0 Å². The van der Waals surface area contributed by atoms with E-state index in [0.29, 0.717) is 18.4 Å². The van der Waals surface area contributed by atoms with Crippen molar-refractivity contribution in [2.24, 2.45) is 16.6 Å². The second-order valence-corrected chi connectivity index (χ2v) is 5.93. The molecule has 1 aromatic carbocycles. The van der Waals surface area contributed by atoms with Crippen LogP contribution in [-0.4, -0.2) is 38.9 Å². The lowest BCUT2D eigenvalue weighted by Gasteiger charge is -2.21. The van der Waals surface area contributed by atoms with Gasteiger partial charge in [-0.15, -0.1) is 24.0 Å². The number of hydrogen-bond donors (Lipinski definition) is 2. The number of hydrogen-bond acceptors (Lipinski definition) is 3. The van der Waals surface area contributed by atoms with Gasteiger partial charge in [-0.2, -0.15) is 0 Å². The Morgan fingerprint density at radius 1 is 1.38 bits per heavy atom. The van der Waals surface area contributed by atoms with Gasteiger partial charge in [-0.3, -0.25) is 4.99 Å². The van der Waals surface area contributed by atoms with Crippen LogP contribution in [0, 0.1) is 5.92 Å². The summed E-state index contributed by atoms with van der Waals surface area (Å²) < 4.78 is 11.1. The molecule has 0 aliphatic carbocycles. The number of ether oxygens (including phenoxy) is 2. The first-order valence-electron chi connectivity index (χ1n) is 8.59. The van der Waals surface area contributed by atoms with Crippen molar-refractivity contribution in [3.05, 3.63) is 29.8 Å². The van der Waals surface area contributed by atoms with Crippen molar-refractivity contribution in [2.75, 3.05) is 38.3 Å². The molecule has 0 aromatic heterocycles. The van der Waals surface area contributed by atoms with Gasteiger partial charge in [-0.05, 0) is 49.3 Å². The van der Waals surface area contributed by atoms with Crippen molar-refractivity contribution < 1.29 is 9.47 Å². The van der Waals surface area contributed by atoms with Crippen LogP contribution in [0.5, 0.6) is 0 Å². The molecule has 0 amide bonds. The van der Waals surface area contributed by atoms with Gasteiger partial charge in [-0.25, -0.2) is 0 Å². The number of guanidine groups is 1. The van der Waals surface area contributed by atoms with Crippen LogP contribution in [0.4, 0.5) is 5.69 Å². The number of benzene rings is 1. The Hall–Kier alpha value is -0.860. The number of rotatable bonds is 8. The van der Waals surface area contributed by atoms with Crippen LogP contribution < -0.4 is 11.1 Å². The highest BCUT2D eigenvalue weighted by atomic mass is 127. The quantitative estimate of drug-likeness (QED) is 0.277. The average molecular weight is 447 g/mol. The van der Waals surface area contributed by atoms with E-state index in [-0.39, 0.29) is 24.0 Å². The van der Waals surface area contributed by atoms with Gasteiger partial charge in [-0.1, -0.05) is 19.1 Å². The Morgan fingerprint density at radius 2 is 2.17 bits per heavy atom. The van der Waals surface area contributed by atoms with Gasteiger partial charge in [0.25, 0.3) is 0 Å². The number of nitrogens with two attached hydrogens (primary N) is 1. The summed E-state index contributed by atoms with van der Waals surface area (Å²) in [6.45, 7) is 6.14. The molecule has 136 valence electrons. The predicted octanol–water partition coefficient (Wildman–Crippen LogP) is 3.43. The fourth-order valence-corrected chi connectivity index (χ4v) is 2.59. The molecule has 6 heteroatoms. The molecular weight excluding hydrogens is 417 g/mol. The van der Waals surface area contributed by atoms with Gasteiger partial charge in [0.2, 0.25) is 0 Å². The number of anilines is 1. The number of aliphatic imine (C=N–C) groups is 1.